The maximum absolute atomic E-state index is 14.0. The molecule has 0 saturated heterocycles. The number of alkyl halides is 3. The van der Waals surface area contributed by atoms with Crippen molar-refractivity contribution in [2.75, 3.05) is 4.31 Å². The Bertz CT molecular complexity index is 1460. The van der Waals surface area contributed by atoms with E-state index >= 15 is 0 Å². The second-order valence-corrected chi connectivity index (χ2v) is 10.1. The Morgan fingerprint density at radius 2 is 1.32 bits per heavy atom. The van der Waals surface area contributed by atoms with Gasteiger partial charge in [0.2, 0.25) is 0 Å². The molecule has 4 aromatic carbocycles. The number of anilines is 1. The molecule has 7 heteroatoms. The Kier molecular flexibility index (Phi) is 5.24. The Balaban J connectivity index is 1.77. The van der Waals surface area contributed by atoms with E-state index in [1.54, 1.807) is 42.5 Å². The molecule has 0 amide bonds. The fourth-order valence-electron chi connectivity index (χ4n) is 4.40. The smallest absolute Gasteiger partial charge is 0.254 e. The number of nitrogens with zero attached hydrogens (tertiary/aromatic N) is 1. The zero-order chi connectivity index (χ0) is 24.1. The SMILES string of the molecule is Cc1ccc(S(=O)(=O)N2c3ccccc3-c3ccccc3C2c2ccc(C(F)(F)F)cc2)cc1. The lowest BCUT2D eigenvalue weighted by atomic mass is 9.86. The van der Waals surface area contributed by atoms with Crippen LogP contribution >= 0.6 is 0 Å². The molecule has 3 nitrogen and oxygen atoms in total. The van der Waals surface area contributed by atoms with Gasteiger partial charge in [0.1, 0.15) is 0 Å². The zero-order valence-electron chi connectivity index (χ0n) is 18.1. The first kappa shape index (κ1) is 22.2. The Morgan fingerprint density at radius 3 is 1.97 bits per heavy atom. The van der Waals surface area contributed by atoms with Gasteiger partial charge >= 0.3 is 6.18 Å². The normalized spacial score (nSPS) is 15.5. The van der Waals surface area contributed by atoms with Gasteiger partial charge in [0.25, 0.3) is 10.0 Å². The van der Waals surface area contributed by atoms with Crippen LogP contribution in [0.15, 0.2) is 102 Å². The van der Waals surface area contributed by atoms with E-state index in [0.29, 0.717) is 16.8 Å². The third-order valence-corrected chi connectivity index (χ3v) is 7.85. The van der Waals surface area contributed by atoms with Gasteiger partial charge in [-0.25, -0.2) is 8.42 Å². The van der Waals surface area contributed by atoms with Crippen molar-refractivity contribution in [3.05, 3.63) is 119 Å². The molecule has 0 aromatic heterocycles. The number of hydrogen-bond acceptors (Lipinski definition) is 2. The average Bonchev–Trinajstić information content (AvgIpc) is 2.83. The van der Waals surface area contributed by atoms with Crippen LogP contribution in [0.4, 0.5) is 18.9 Å². The van der Waals surface area contributed by atoms with Crippen LogP contribution in [0.2, 0.25) is 0 Å². The first-order valence-electron chi connectivity index (χ1n) is 10.6. The molecule has 0 spiro atoms. The highest BCUT2D eigenvalue weighted by Gasteiger charge is 2.40. The summed E-state index contributed by atoms with van der Waals surface area (Å²) in [6, 6.07) is 25.0. The monoisotopic (exact) mass is 479 g/mol. The molecule has 172 valence electrons. The Labute approximate surface area is 196 Å². The van der Waals surface area contributed by atoms with E-state index in [1.807, 2.05) is 37.3 Å². The van der Waals surface area contributed by atoms with E-state index in [0.717, 1.165) is 28.8 Å². The highest BCUT2D eigenvalue weighted by molar-refractivity contribution is 7.92. The predicted octanol–water partition coefficient (Wildman–Crippen LogP) is 6.98. The van der Waals surface area contributed by atoms with E-state index in [1.165, 1.54) is 16.4 Å². The lowest BCUT2D eigenvalue weighted by molar-refractivity contribution is -0.137. The molecule has 0 saturated carbocycles. The van der Waals surface area contributed by atoms with E-state index in [-0.39, 0.29) is 4.90 Å². The highest BCUT2D eigenvalue weighted by Crippen LogP contribution is 2.49. The fourth-order valence-corrected chi connectivity index (χ4v) is 6.04. The van der Waals surface area contributed by atoms with E-state index < -0.39 is 27.8 Å². The van der Waals surface area contributed by atoms with Crippen molar-refractivity contribution >= 4 is 15.7 Å². The molecule has 34 heavy (non-hydrogen) atoms. The zero-order valence-corrected chi connectivity index (χ0v) is 18.9. The molecule has 0 aliphatic carbocycles. The summed E-state index contributed by atoms with van der Waals surface area (Å²) in [7, 11) is -4.06. The largest absolute Gasteiger partial charge is 0.416 e. The van der Waals surface area contributed by atoms with Crippen LogP contribution in [0.1, 0.15) is 28.3 Å². The predicted molar refractivity (Wildman–Crippen MR) is 126 cm³/mol. The van der Waals surface area contributed by atoms with Gasteiger partial charge in [-0.3, -0.25) is 4.31 Å². The highest BCUT2D eigenvalue weighted by atomic mass is 32.2. The maximum Gasteiger partial charge on any atom is 0.416 e. The standard InChI is InChI=1S/C27H20F3NO2S/c1-18-10-16-21(17-11-18)34(32,33)31-25-9-5-4-7-23(25)22-6-2-3-8-24(22)26(31)19-12-14-20(15-13-19)27(28,29)30/h2-17,26H,1H3. The van der Waals surface area contributed by atoms with Gasteiger partial charge in [0, 0.05) is 5.56 Å². The number of para-hydroxylation sites is 1. The molecule has 1 aliphatic rings. The van der Waals surface area contributed by atoms with Crippen LogP contribution in [0.25, 0.3) is 11.1 Å². The molecule has 4 aromatic rings. The topological polar surface area (TPSA) is 37.4 Å². The molecule has 1 unspecified atom stereocenters. The fraction of sp³-hybridized carbons (Fsp3) is 0.111. The molecular formula is C27H20F3NO2S. The average molecular weight is 480 g/mol. The van der Waals surface area contributed by atoms with E-state index in [4.69, 9.17) is 0 Å². The van der Waals surface area contributed by atoms with Crippen molar-refractivity contribution in [2.45, 2.75) is 24.0 Å². The van der Waals surface area contributed by atoms with Crippen LogP contribution in [0.5, 0.6) is 0 Å². The van der Waals surface area contributed by atoms with Crippen LogP contribution in [-0.4, -0.2) is 8.42 Å². The minimum Gasteiger partial charge on any atom is -0.254 e. The van der Waals surface area contributed by atoms with Gasteiger partial charge in [-0.1, -0.05) is 72.3 Å². The molecule has 0 bridgehead atoms. The van der Waals surface area contributed by atoms with E-state index in [2.05, 4.69) is 0 Å². The van der Waals surface area contributed by atoms with Crippen molar-refractivity contribution < 1.29 is 21.6 Å². The number of sulfonamides is 1. The summed E-state index contributed by atoms with van der Waals surface area (Å²) < 4.78 is 69.0. The first-order valence-corrected chi connectivity index (χ1v) is 12.1. The lowest BCUT2D eigenvalue weighted by Gasteiger charge is -2.39. The van der Waals surface area contributed by atoms with Crippen LogP contribution in [-0.2, 0) is 16.2 Å². The van der Waals surface area contributed by atoms with E-state index in [9.17, 15) is 21.6 Å². The van der Waals surface area contributed by atoms with Crippen LogP contribution in [0, 0.1) is 6.92 Å². The van der Waals surface area contributed by atoms with Crippen molar-refractivity contribution in [2.24, 2.45) is 0 Å². The summed E-state index contributed by atoms with van der Waals surface area (Å²) in [4.78, 5) is 0.115. The van der Waals surface area contributed by atoms with Crippen LogP contribution in [0.3, 0.4) is 0 Å². The first-order chi connectivity index (χ1) is 16.2. The van der Waals surface area contributed by atoms with Gasteiger partial charge in [-0.15, -0.1) is 0 Å². The van der Waals surface area contributed by atoms with Crippen molar-refractivity contribution in [3.8, 4) is 11.1 Å². The molecule has 0 N–H and O–H groups in total. The summed E-state index contributed by atoms with van der Waals surface area (Å²) >= 11 is 0. The quantitative estimate of drug-likeness (QED) is 0.318. The minimum atomic E-state index is -4.48. The number of aryl methyl sites for hydroxylation is 1. The van der Waals surface area contributed by atoms with Gasteiger partial charge < -0.3 is 0 Å². The van der Waals surface area contributed by atoms with Crippen LogP contribution < -0.4 is 4.31 Å². The second-order valence-electron chi connectivity index (χ2n) is 8.24. The molecule has 0 radical (unpaired) electrons. The maximum atomic E-state index is 14.0. The number of halogens is 3. The Morgan fingerprint density at radius 1 is 0.735 bits per heavy atom. The van der Waals surface area contributed by atoms with Crippen molar-refractivity contribution in [1.29, 1.82) is 0 Å². The third-order valence-electron chi connectivity index (χ3n) is 6.05. The van der Waals surface area contributed by atoms with Gasteiger partial charge in [-0.2, -0.15) is 13.2 Å². The number of hydrogen-bond donors (Lipinski definition) is 0. The minimum absolute atomic E-state index is 0.115. The number of benzene rings is 4. The molecule has 1 aliphatic heterocycles. The lowest BCUT2D eigenvalue weighted by Crippen LogP contribution is -2.38. The van der Waals surface area contributed by atoms with Gasteiger partial charge in [0.05, 0.1) is 22.2 Å². The van der Waals surface area contributed by atoms with Crippen molar-refractivity contribution in [3.63, 3.8) is 0 Å². The van der Waals surface area contributed by atoms with Gasteiger partial charge in [0.15, 0.2) is 0 Å². The summed E-state index contributed by atoms with van der Waals surface area (Å²) in [5, 5.41) is 0. The van der Waals surface area contributed by atoms with Gasteiger partial charge in [-0.05, 0) is 53.9 Å². The summed E-state index contributed by atoms with van der Waals surface area (Å²) in [6.07, 6.45) is -4.48. The molecule has 1 atom stereocenters. The number of fused-ring (bicyclic) bond motifs is 3. The molecular weight excluding hydrogens is 459 g/mol. The van der Waals surface area contributed by atoms with Crippen molar-refractivity contribution in [1.82, 2.24) is 0 Å². The molecule has 5 rings (SSSR count). The summed E-state index contributed by atoms with van der Waals surface area (Å²) in [5.41, 5.74) is 3.36. The summed E-state index contributed by atoms with van der Waals surface area (Å²) in [5.74, 6) is 0. The second kappa shape index (κ2) is 8.02. The Hall–Kier alpha value is -3.58. The summed E-state index contributed by atoms with van der Waals surface area (Å²) in [6.45, 7) is 1.87. The molecule has 1 heterocycles. The molecule has 0 fully saturated rings. The number of rotatable bonds is 3. The third kappa shape index (κ3) is 3.66.